The number of amides is 1. The van der Waals surface area contributed by atoms with E-state index in [9.17, 15) is 18.5 Å². The molecule has 172 valence electrons. The van der Waals surface area contributed by atoms with E-state index in [2.05, 4.69) is 10.8 Å². The summed E-state index contributed by atoms with van der Waals surface area (Å²) in [7, 11) is -3.37. The molecule has 1 fully saturated rings. The van der Waals surface area contributed by atoms with Crippen LogP contribution in [0.2, 0.25) is 0 Å². The van der Waals surface area contributed by atoms with Crippen molar-refractivity contribution in [2.75, 3.05) is 36.8 Å². The number of nitrogens with one attached hydrogen (secondary N) is 1. The van der Waals surface area contributed by atoms with E-state index in [1.165, 1.54) is 0 Å². The molecule has 1 N–H and O–H groups in total. The Labute approximate surface area is 193 Å². The number of ether oxygens (including phenoxy) is 1. The Morgan fingerprint density at radius 3 is 2.42 bits per heavy atom. The summed E-state index contributed by atoms with van der Waals surface area (Å²) < 4.78 is 33.6. The molecule has 1 aliphatic rings. The summed E-state index contributed by atoms with van der Waals surface area (Å²) in [5.74, 6) is -0.0557. The van der Waals surface area contributed by atoms with Crippen molar-refractivity contribution in [3.8, 4) is 17.3 Å². The van der Waals surface area contributed by atoms with Crippen LogP contribution in [0.15, 0.2) is 42.5 Å². The standard InChI is InChI=1S/C24H26N4O4S/c1-3-28-22-15-18(24(29)27-11-13-32-14-12-27)7-10-20(22)21(16-25)23(28)17-5-8-19(9-6-17)26-33(30,31)4-2/h5-10,15,26H,3-4,11-14H2,1-2H3. The second kappa shape index (κ2) is 9.25. The number of aromatic nitrogens is 1. The minimum Gasteiger partial charge on any atom is -0.378 e. The predicted octanol–water partition coefficient (Wildman–Crippen LogP) is 3.43. The van der Waals surface area contributed by atoms with Gasteiger partial charge in [-0.25, -0.2) is 8.42 Å². The molecule has 1 aliphatic heterocycles. The maximum atomic E-state index is 13.0. The van der Waals surface area contributed by atoms with E-state index < -0.39 is 10.0 Å². The van der Waals surface area contributed by atoms with Crippen LogP contribution in [0.4, 0.5) is 5.69 Å². The predicted molar refractivity (Wildman–Crippen MR) is 128 cm³/mol. The van der Waals surface area contributed by atoms with Crippen LogP contribution in [-0.4, -0.2) is 55.8 Å². The lowest BCUT2D eigenvalue weighted by molar-refractivity contribution is 0.0303. The van der Waals surface area contributed by atoms with Gasteiger partial charge in [0.1, 0.15) is 6.07 Å². The molecule has 1 saturated heterocycles. The second-order valence-corrected chi connectivity index (χ2v) is 9.81. The molecule has 0 radical (unpaired) electrons. The second-order valence-electron chi connectivity index (χ2n) is 7.80. The van der Waals surface area contributed by atoms with Crippen molar-refractivity contribution in [1.82, 2.24) is 9.47 Å². The van der Waals surface area contributed by atoms with Crippen LogP contribution in [0, 0.1) is 11.3 Å². The zero-order chi connectivity index (χ0) is 23.6. The van der Waals surface area contributed by atoms with Gasteiger partial charge in [-0.1, -0.05) is 18.2 Å². The minimum absolute atomic E-state index is 0.0110. The molecule has 0 aliphatic carbocycles. The maximum absolute atomic E-state index is 13.0. The molecule has 0 atom stereocenters. The lowest BCUT2D eigenvalue weighted by Crippen LogP contribution is -2.40. The van der Waals surface area contributed by atoms with Crippen LogP contribution in [0.1, 0.15) is 29.8 Å². The Kier molecular flexibility index (Phi) is 6.40. The minimum atomic E-state index is -3.37. The molecule has 9 heteroatoms. The first-order chi connectivity index (χ1) is 15.9. The van der Waals surface area contributed by atoms with Crippen molar-refractivity contribution in [1.29, 1.82) is 5.26 Å². The number of hydrogen-bond donors (Lipinski definition) is 1. The molecule has 4 rings (SSSR count). The summed E-state index contributed by atoms with van der Waals surface area (Å²) in [4.78, 5) is 14.8. The molecule has 8 nitrogen and oxygen atoms in total. The average molecular weight is 467 g/mol. The number of nitriles is 1. The van der Waals surface area contributed by atoms with E-state index in [1.807, 2.05) is 23.6 Å². The Morgan fingerprint density at radius 2 is 1.82 bits per heavy atom. The average Bonchev–Trinajstić information content (AvgIpc) is 3.17. The van der Waals surface area contributed by atoms with Crippen molar-refractivity contribution in [2.45, 2.75) is 20.4 Å². The monoisotopic (exact) mass is 466 g/mol. The smallest absolute Gasteiger partial charge is 0.254 e. The SMILES string of the molecule is CCn1c(-c2ccc(NS(=O)(=O)CC)cc2)c(C#N)c2ccc(C(=O)N3CCOCC3)cc21. The van der Waals surface area contributed by atoms with E-state index >= 15 is 0 Å². The topological polar surface area (TPSA) is 104 Å². The van der Waals surface area contributed by atoms with E-state index in [4.69, 9.17) is 4.74 Å². The van der Waals surface area contributed by atoms with Gasteiger partial charge in [0.05, 0.1) is 35.7 Å². The molecule has 0 unspecified atom stereocenters. The summed E-state index contributed by atoms with van der Waals surface area (Å²) in [6.45, 7) is 6.37. The third kappa shape index (κ3) is 4.45. The first-order valence-electron chi connectivity index (χ1n) is 10.9. The Hall–Kier alpha value is -3.35. The number of benzene rings is 2. The third-order valence-corrected chi connectivity index (χ3v) is 7.16. The summed E-state index contributed by atoms with van der Waals surface area (Å²) in [6, 6.07) is 14.8. The van der Waals surface area contributed by atoms with Gasteiger partial charge in [0, 0.05) is 36.3 Å². The third-order valence-electron chi connectivity index (χ3n) is 5.85. The number of carbonyl (C=O) groups is 1. The summed E-state index contributed by atoms with van der Waals surface area (Å²) in [5.41, 5.74) is 3.94. The highest BCUT2D eigenvalue weighted by atomic mass is 32.2. The van der Waals surface area contributed by atoms with Crippen LogP contribution in [0.5, 0.6) is 0 Å². The number of morpholine rings is 1. The largest absolute Gasteiger partial charge is 0.378 e. The molecule has 2 heterocycles. The molecule has 0 saturated carbocycles. The van der Waals surface area contributed by atoms with Gasteiger partial charge >= 0.3 is 0 Å². The number of sulfonamides is 1. The van der Waals surface area contributed by atoms with Gasteiger partial charge in [-0.15, -0.1) is 0 Å². The zero-order valence-electron chi connectivity index (χ0n) is 18.7. The number of rotatable bonds is 6. The highest BCUT2D eigenvalue weighted by molar-refractivity contribution is 7.92. The molecule has 33 heavy (non-hydrogen) atoms. The van der Waals surface area contributed by atoms with Crippen molar-refractivity contribution >= 4 is 32.5 Å². The summed E-state index contributed by atoms with van der Waals surface area (Å²) >= 11 is 0. The van der Waals surface area contributed by atoms with E-state index in [-0.39, 0.29) is 11.7 Å². The van der Waals surface area contributed by atoms with Gasteiger partial charge in [0.15, 0.2) is 0 Å². The number of fused-ring (bicyclic) bond motifs is 1. The quantitative estimate of drug-likeness (QED) is 0.599. The number of nitrogens with zero attached hydrogens (tertiary/aromatic N) is 3. The Balaban J connectivity index is 1.77. The number of aryl methyl sites for hydroxylation is 1. The van der Waals surface area contributed by atoms with Crippen molar-refractivity contribution in [3.05, 3.63) is 53.6 Å². The van der Waals surface area contributed by atoms with E-state index in [1.54, 1.807) is 42.2 Å². The zero-order valence-corrected chi connectivity index (χ0v) is 19.5. The van der Waals surface area contributed by atoms with E-state index in [0.717, 1.165) is 22.2 Å². The molecule has 1 amide bonds. The number of hydrogen-bond acceptors (Lipinski definition) is 5. The Morgan fingerprint density at radius 1 is 1.12 bits per heavy atom. The Bertz CT molecular complexity index is 1330. The van der Waals surface area contributed by atoms with Gasteiger partial charge in [-0.3, -0.25) is 9.52 Å². The van der Waals surface area contributed by atoms with Crippen molar-refractivity contribution < 1.29 is 17.9 Å². The van der Waals surface area contributed by atoms with Gasteiger partial charge < -0.3 is 14.2 Å². The lowest BCUT2D eigenvalue weighted by atomic mass is 10.0. The highest BCUT2D eigenvalue weighted by Crippen LogP contribution is 2.35. The highest BCUT2D eigenvalue weighted by Gasteiger charge is 2.22. The van der Waals surface area contributed by atoms with Crippen LogP contribution in [0.3, 0.4) is 0 Å². The van der Waals surface area contributed by atoms with Gasteiger partial charge in [-0.05, 0) is 43.7 Å². The van der Waals surface area contributed by atoms with Crippen molar-refractivity contribution in [2.24, 2.45) is 0 Å². The van der Waals surface area contributed by atoms with Crippen LogP contribution in [-0.2, 0) is 21.3 Å². The summed E-state index contributed by atoms with van der Waals surface area (Å²) in [6.07, 6.45) is 0. The first kappa shape index (κ1) is 22.8. The summed E-state index contributed by atoms with van der Waals surface area (Å²) in [5, 5.41) is 10.7. The number of carbonyl (C=O) groups excluding carboxylic acids is 1. The fraction of sp³-hybridized carbons (Fsp3) is 0.333. The normalized spacial score (nSPS) is 14.3. The van der Waals surface area contributed by atoms with Gasteiger partial charge in [-0.2, -0.15) is 5.26 Å². The fourth-order valence-electron chi connectivity index (χ4n) is 4.12. The lowest BCUT2D eigenvalue weighted by Gasteiger charge is -2.26. The fourth-order valence-corrected chi connectivity index (χ4v) is 4.76. The van der Waals surface area contributed by atoms with Gasteiger partial charge in [0.2, 0.25) is 10.0 Å². The molecule has 2 aromatic carbocycles. The van der Waals surface area contributed by atoms with Crippen LogP contribution >= 0.6 is 0 Å². The first-order valence-corrected chi connectivity index (χ1v) is 12.6. The van der Waals surface area contributed by atoms with Crippen LogP contribution < -0.4 is 4.72 Å². The number of anilines is 1. The molecule has 0 bridgehead atoms. The maximum Gasteiger partial charge on any atom is 0.254 e. The van der Waals surface area contributed by atoms with Crippen molar-refractivity contribution in [3.63, 3.8) is 0 Å². The molecular weight excluding hydrogens is 440 g/mol. The molecule has 0 spiro atoms. The van der Waals surface area contributed by atoms with Gasteiger partial charge in [0.25, 0.3) is 5.91 Å². The van der Waals surface area contributed by atoms with E-state index in [0.29, 0.717) is 49.7 Å². The molecule has 3 aromatic rings. The molecular formula is C24H26N4O4S. The van der Waals surface area contributed by atoms with Crippen LogP contribution in [0.25, 0.3) is 22.2 Å². The molecule has 1 aromatic heterocycles.